The van der Waals surface area contributed by atoms with Gasteiger partial charge in [0, 0.05) is 5.56 Å². The molecule has 4 amide bonds. The van der Waals surface area contributed by atoms with Crippen LogP contribution in [0.2, 0.25) is 0 Å². The molecule has 0 unspecified atom stereocenters. The molecule has 0 radical (unpaired) electrons. The van der Waals surface area contributed by atoms with Crippen LogP contribution < -0.4 is 9.80 Å². The molecule has 0 bridgehead atoms. The normalized spacial score (nSPS) is 13.8. The zero-order valence-corrected chi connectivity index (χ0v) is 19.6. The van der Waals surface area contributed by atoms with Gasteiger partial charge >= 0.3 is 12.0 Å². The number of hydrogen-bond donors (Lipinski definition) is 1. The number of para-hydroxylation sites is 2. The number of anilines is 2. The zero-order chi connectivity index (χ0) is 26.1. The number of carboxylic acids is 1. The molecule has 1 N–H and O–H groups in total. The summed E-state index contributed by atoms with van der Waals surface area (Å²) in [7, 11) is 0. The summed E-state index contributed by atoms with van der Waals surface area (Å²) in [5.41, 5.74) is 1.92. The van der Waals surface area contributed by atoms with Gasteiger partial charge in [0.1, 0.15) is 17.1 Å². The number of carbonyl (C=O) groups is 4. The molecule has 3 aromatic carbocycles. The molecule has 0 aliphatic carbocycles. The maximum absolute atomic E-state index is 13.5. The number of imide groups is 2. The maximum atomic E-state index is 13.5. The smallest absolute Gasteiger partial charge is 0.343 e. The maximum Gasteiger partial charge on any atom is 0.343 e. The monoisotopic (exact) mass is 492 g/mol. The van der Waals surface area contributed by atoms with Gasteiger partial charge in [0.25, 0.3) is 11.8 Å². The number of benzene rings is 3. The van der Waals surface area contributed by atoms with Crippen LogP contribution in [0.1, 0.15) is 21.7 Å². The molecule has 1 saturated heterocycles. The molecule has 1 aliphatic heterocycles. The minimum absolute atomic E-state index is 0.153. The second kappa shape index (κ2) is 9.43. The number of aromatic carboxylic acids is 1. The van der Waals surface area contributed by atoms with Crippen molar-refractivity contribution >= 4 is 41.3 Å². The summed E-state index contributed by atoms with van der Waals surface area (Å²) in [5, 5.41) is 9.21. The summed E-state index contributed by atoms with van der Waals surface area (Å²) in [5.74, 6) is -1.91. The van der Waals surface area contributed by atoms with Crippen LogP contribution in [-0.2, 0) is 9.59 Å². The topological polar surface area (TPSA) is 108 Å². The van der Waals surface area contributed by atoms with Crippen LogP contribution in [0.15, 0.2) is 101 Å². The second-order valence-corrected chi connectivity index (χ2v) is 8.33. The quantitative estimate of drug-likeness (QED) is 0.290. The van der Waals surface area contributed by atoms with Crippen LogP contribution in [-0.4, -0.2) is 28.9 Å². The van der Waals surface area contributed by atoms with Crippen LogP contribution in [0.5, 0.6) is 0 Å². The Labute approximate surface area is 211 Å². The molecular weight excluding hydrogens is 472 g/mol. The van der Waals surface area contributed by atoms with Crippen molar-refractivity contribution in [2.75, 3.05) is 9.80 Å². The first-order chi connectivity index (χ1) is 17.8. The molecular formula is C29H20N2O6. The highest BCUT2D eigenvalue weighted by molar-refractivity contribution is 6.46. The minimum atomic E-state index is -1.03. The SMILES string of the molecule is Cc1cc(C(=O)O)ccc1-c1ccc(C=C2C(=O)N(c3ccccc3)C(=O)N(c3ccccc3)C2=O)o1. The van der Waals surface area contributed by atoms with E-state index in [-0.39, 0.29) is 16.9 Å². The van der Waals surface area contributed by atoms with Crippen molar-refractivity contribution in [3.63, 3.8) is 0 Å². The Morgan fingerprint density at radius 2 is 1.35 bits per heavy atom. The van der Waals surface area contributed by atoms with Gasteiger partial charge in [0.2, 0.25) is 0 Å². The molecule has 1 aromatic heterocycles. The molecule has 5 rings (SSSR count). The Bertz CT molecular complexity index is 1510. The van der Waals surface area contributed by atoms with E-state index in [2.05, 4.69) is 0 Å². The third-order valence-corrected chi connectivity index (χ3v) is 5.93. The van der Waals surface area contributed by atoms with Crippen molar-refractivity contribution in [3.05, 3.63) is 113 Å². The van der Waals surface area contributed by atoms with E-state index in [4.69, 9.17) is 4.42 Å². The highest BCUT2D eigenvalue weighted by Crippen LogP contribution is 2.31. The zero-order valence-electron chi connectivity index (χ0n) is 19.6. The molecule has 1 aliphatic rings. The number of nitrogens with zero attached hydrogens (tertiary/aromatic N) is 2. The van der Waals surface area contributed by atoms with Gasteiger partial charge in [-0.05, 0) is 67.1 Å². The van der Waals surface area contributed by atoms with Crippen molar-refractivity contribution in [3.8, 4) is 11.3 Å². The summed E-state index contributed by atoms with van der Waals surface area (Å²) in [6.45, 7) is 1.76. The van der Waals surface area contributed by atoms with Crippen LogP contribution in [0.3, 0.4) is 0 Å². The van der Waals surface area contributed by atoms with Crippen molar-refractivity contribution in [2.24, 2.45) is 0 Å². The lowest BCUT2D eigenvalue weighted by Crippen LogP contribution is -2.57. The highest BCUT2D eigenvalue weighted by atomic mass is 16.4. The number of urea groups is 1. The number of hydrogen-bond acceptors (Lipinski definition) is 5. The molecule has 182 valence electrons. The Morgan fingerprint density at radius 3 is 1.86 bits per heavy atom. The lowest BCUT2D eigenvalue weighted by Gasteiger charge is -2.33. The molecule has 8 heteroatoms. The van der Waals surface area contributed by atoms with Crippen molar-refractivity contribution in [1.82, 2.24) is 0 Å². The van der Waals surface area contributed by atoms with Crippen LogP contribution >= 0.6 is 0 Å². The highest BCUT2D eigenvalue weighted by Gasteiger charge is 2.43. The predicted molar refractivity (Wildman–Crippen MR) is 137 cm³/mol. The van der Waals surface area contributed by atoms with Crippen molar-refractivity contribution < 1.29 is 28.7 Å². The largest absolute Gasteiger partial charge is 0.478 e. The van der Waals surface area contributed by atoms with Crippen LogP contribution in [0.25, 0.3) is 17.4 Å². The van der Waals surface area contributed by atoms with E-state index in [0.29, 0.717) is 28.3 Å². The Kier molecular flexibility index (Phi) is 5.99. The molecule has 4 aromatic rings. The van der Waals surface area contributed by atoms with E-state index < -0.39 is 23.8 Å². The van der Waals surface area contributed by atoms with Gasteiger partial charge in [-0.3, -0.25) is 9.59 Å². The second-order valence-electron chi connectivity index (χ2n) is 8.33. The summed E-state index contributed by atoms with van der Waals surface area (Å²) in [4.78, 5) is 53.4. The van der Waals surface area contributed by atoms with Gasteiger partial charge in [0.05, 0.1) is 16.9 Å². The van der Waals surface area contributed by atoms with E-state index in [1.54, 1.807) is 85.8 Å². The van der Waals surface area contributed by atoms with Gasteiger partial charge in [-0.15, -0.1) is 0 Å². The molecule has 1 fully saturated rings. The predicted octanol–water partition coefficient (Wildman–Crippen LogP) is 5.54. The number of aryl methyl sites for hydroxylation is 1. The number of furan rings is 1. The fourth-order valence-electron chi connectivity index (χ4n) is 4.13. The van der Waals surface area contributed by atoms with Crippen LogP contribution in [0, 0.1) is 6.92 Å². The Morgan fingerprint density at radius 1 is 0.784 bits per heavy atom. The minimum Gasteiger partial charge on any atom is -0.478 e. The average Bonchev–Trinajstić information content (AvgIpc) is 3.36. The number of carboxylic acid groups (broad SMARTS) is 1. The van der Waals surface area contributed by atoms with E-state index in [9.17, 15) is 24.3 Å². The van der Waals surface area contributed by atoms with Gasteiger partial charge in [0.15, 0.2) is 0 Å². The Balaban J connectivity index is 1.57. The molecule has 2 heterocycles. The summed E-state index contributed by atoms with van der Waals surface area (Å²) in [6, 6.07) is 23.9. The van der Waals surface area contributed by atoms with Crippen LogP contribution in [0.4, 0.5) is 16.2 Å². The van der Waals surface area contributed by atoms with Gasteiger partial charge in [-0.25, -0.2) is 19.4 Å². The number of carbonyl (C=O) groups excluding carboxylic acids is 3. The van der Waals surface area contributed by atoms with Gasteiger partial charge in [-0.1, -0.05) is 42.5 Å². The summed E-state index contributed by atoms with van der Waals surface area (Å²) >= 11 is 0. The lowest BCUT2D eigenvalue weighted by molar-refractivity contribution is -0.121. The van der Waals surface area contributed by atoms with Gasteiger partial charge < -0.3 is 9.52 Å². The standard InChI is InChI=1S/C29H20N2O6/c1-18-16-19(28(34)35)12-14-23(18)25-15-13-22(37-25)17-24-26(32)30(20-8-4-2-5-9-20)29(36)31(27(24)33)21-10-6-3-7-11-21/h2-17H,1H3,(H,34,35). The van der Waals surface area contributed by atoms with E-state index in [1.165, 1.54) is 18.2 Å². The summed E-state index contributed by atoms with van der Waals surface area (Å²) in [6.07, 6.45) is 1.31. The third kappa shape index (κ3) is 4.32. The Hall–Kier alpha value is -5.24. The molecule has 8 nitrogen and oxygen atoms in total. The van der Waals surface area contributed by atoms with E-state index in [0.717, 1.165) is 9.80 Å². The van der Waals surface area contributed by atoms with E-state index in [1.807, 2.05) is 0 Å². The van der Waals surface area contributed by atoms with Gasteiger partial charge in [-0.2, -0.15) is 0 Å². The number of barbiturate groups is 1. The average molecular weight is 492 g/mol. The fraction of sp³-hybridized carbons (Fsp3) is 0.0345. The number of rotatable bonds is 5. The lowest BCUT2D eigenvalue weighted by atomic mass is 10.0. The summed E-state index contributed by atoms with van der Waals surface area (Å²) < 4.78 is 5.91. The number of amides is 4. The first-order valence-electron chi connectivity index (χ1n) is 11.3. The molecule has 0 spiro atoms. The first-order valence-corrected chi connectivity index (χ1v) is 11.3. The molecule has 37 heavy (non-hydrogen) atoms. The first kappa shape index (κ1) is 23.5. The van der Waals surface area contributed by atoms with Crippen molar-refractivity contribution in [1.29, 1.82) is 0 Å². The molecule has 0 saturated carbocycles. The van der Waals surface area contributed by atoms with E-state index >= 15 is 0 Å². The fourth-order valence-corrected chi connectivity index (χ4v) is 4.13. The third-order valence-electron chi connectivity index (χ3n) is 5.93. The van der Waals surface area contributed by atoms with Crippen molar-refractivity contribution in [2.45, 2.75) is 6.92 Å². The molecule has 0 atom stereocenters.